The number of hydrogen-bond donors (Lipinski definition) is 0. The molecule has 2 aliphatic heterocycles. The van der Waals surface area contributed by atoms with Crippen LogP contribution in [0.1, 0.15) is 21.3 Å². The number of rotatable bonds is 0. The summed E-state index contributed by atoms with van der Waals surface area (Å²) in [5.41, 5.74) is 0. The van der Waals surface area contributed by atoms with Gasteiger partial charge in [-0.1, -0.05) is 14.9 Å². The first kappa shape index (κ1) is 13.3. The SMILES string of the molecule is C.C.O=C1OC(=O)C2C1CC1C(=O)OC(=O)C12. The van der Waals surface area contributed by atoms with Crippen LogP contribution in [-0.4, -0.2) is 23.9 Å². The van der Waals surface area contributed by atoms with E-state index >= 15 is 0 Å². The summed E-state index contributed by atoms with van der Waals surface area (Å²) in [7, 11) is 0. The Morgan fingerprint density at radius 3 is 1.41 bits per heavy atom. The zero-order valence-corrected chi connectivity index (χ0v) is 7.47. The Hall–Kier alpha value is -1.72. The lowest BCUT2D eigenvalue weighted by Gasteiger charge is -2.06. The van der Waals surface area contributed by atoms with Gasteiger partial charge in [0.2, 0.25) is 0 Å². The van der Waals surface area contributed by atoms with E-state index in [2.05, 4.69) is 9.47 Å². The van der Waals surface area contributed by atoms with Crippen LogP contribution in [0.25, 0.3) is 0 Å². The van der Waals surface area contributed by atoms with Crippen molar-refractivity contribution in [2.75, 3.05) is 0 Å². The highest BCUT2D eigenvalue weighted by Crippen LogP contribution is 2.49. The maximum absolute atomic E-state index is 11.3. The van der Waals surface area contributed by atoms with Crippen molar-refractivity contribution in [2.45, 2.75) is 21.3 Å². The van der Waals surface area contributed by atoms with Crippen molar-refractivity contribution in [3.63, 3.8) is 0 Å². The fourth-order valence-electron chi connectivity index (χ4n) is 2.66. The summed E-state index contributed by atoms with van der Waals surface area (Å²) in [6.07, 6.45) is 0.185. The van der Waals surface area contributed by atoms with Crippen molar-refractivity contribution in [2.24, 2.45) is 23.7 Å². The van der Waals surface area contributed by atoms with E-state index in [0.717, 1.165) is 0 Å². The van der Waals surface area contributed by atoms with Crippen LogP contribution < -0.4 is 0 Å². The molecule has 0 amide bonds. The van der Waals surface area contributed by atoms with Gasteiger partial charge in [0.25, 0.3) is 0 Å². The summed E-state index contributed by atoms with van der Waals surface area (Å²) < 4.78 is 8.85. The van der Waals surface area contributed by atoms with Gasteiger partial charge in [0.05, 0.1) is 23.7 Å². The molecular weight excluding hydrogens is 228 g/mol. The lowest BCUT2D eigenvalue weighted by molar-refractivity contribution is -0.158. The first-order chi connectivity index (χ1) is 7.09. The monoisotopic (exact) mass is 242 g/mol. The molecule has 1 saturated carbocycles. The molecule has 3 fully saturated rings. The molecule has 0 bridgehead atoms. The first-order valence-electron chi connectivity index (χ1n) is 4.60. The number of carbonyl (C=O) groups is 4. The van der Waals surface area contributed by atoms with Gasteiger partial charge < -0.3 is 9.47 Å². The average Bonchev–Trinajstić information content (AvgIpc) is 2.72. The Morgan fingerprint density at radius 1 is 0.706 bits per heavy atom. The Bertz CT molecular complexity index is 374. The molecule has 6 heteroatoms. The second-order valence-electron chi connectivity index (χ2n) is 3.98. The van der Waals surface area contributed by atoms with Gasteiger partial charge in [0.15, 0.2) is 0 Å². The van der Waals surface area contributed by atoms with Gasteiger partial charge in [-0.05, 0) is 6.42 Å². The molecule has 94 valence electrons. The molecule has 0 spiro atoms. The first-order valence-corrected chi connectivity index (χ1v) is 4.60. The van der Waals surface area contributed by atoms with Gasteiger partial charge in [-0.15, -0.1) is 0 Å². The van der Waals surface area contributed by atoms with Crippen LogP contribution in [-0.2, 0) is 28.7 Å². The van der Waals surface area contributed by atoms with E-state index in [4.69, 9.17) is 0 Å². The van der Waals surface area contributed by atoms with E-state index in [1.807, 2.05) is 0 Å². The second kappa shape index (κ2) is 3.94. The maximum Gasteiger partial charge on any atom is 0.318 e. The largest absolute Gasteiger partial charge is 0.393 e. The van der Waals surface area contributed by atoms with Gasteiger partial charge in [0.1, 0.15) is 0 Å². The quantitative estimate of drug-likeness (QED) is 0.448. The van der Waals surface area contributed by atoms with Crippen LogP contribution in [0, 0.1) is 23.7 Å². The van der Waals surface area contributed by atoms with Crippen molar-refractivity contribution in [3.8, 4) is 0 Å². The third-order valence-electron chi connectivity index (χ3n) is 3.31. The molecule has 0 radical (unpaired) electrons. The molecule has 3 aliphatic rings. The van der Waals surface area contributed by atoms with Gasteiger partial charge in [-0.25, -0.2) is 0 Å². The zero-order valence-electron chi connectivity index (χ0n) is 7.47. The Morgan fingerprint density at radius 2 is 1.06 bits per heavy atom. The molecule has 1 aliphatic carbocycles. The van der Waals surface area contributed by atoms with Gasteiger partial charge >= 0.3 is 23.9 Å². The Balaban J connectivity index is 0.000000722. The molecule has 6 nitrogen and oxygen atoms in total. The lowest BCUT2D eigenvalue weighted by Crippen LogP contribution is -2.24. The molecule has 0 aromatic heterocycles. The lowest BCUT2D eigenvalue weighted by atomic mass is 9.90. The number of carbonyl (C=O) groups excluding carboxylic acids is 4. The number of esters is 4. The fraction of sp³-hybridized carbons (Fsp3) is 0.636. The van der Waals surface area contributed by atoms with E-state index in [9.17, 15) is 19.2 Å². The molecule has 4 atom stereocenters. The van der Waals surface area contributed by atoms with Crippen molar-refractivity contribution < 1.29 is 28.7 Å². The highest BCUT2D eigenvalue weighted by Gasteiger charge is 2.64. The average molecular weight is 242 g/mol. The molecule has 2 saturated heterocycles. The van der Waals surface area contributed by atoms with Crippen LogP contribution in [0.5, 0.6) is 0 Å². The smallest absolute Gasteiger partial charge is 0.318 e. The minimum absolute atomic E-state index is 0. The minimum Gasteiger partial charge on any atom is -0.393 e. The maximum atomic E-state index is 11.3. The molecule has 0 N–H and O–H groups in total. The van der Waals surface area contributed by atoms with Crippen LogP contribution in [0.2, 0.25) is 0 Å². The van der Waals surface area contributed by atoms with Crippen molar-refractivity contribution in [3.05, 3.63) is 0 Å². The molecule has 2 heterocycles. The number of fused-ring (bicyclic) bond motifs is 3. The minimum atomic E-state index is -0.804. The summed E-state index contributed by atoms with van der Waals surface area (Å²) in [4.78, 5) is 45.0. The molecule has 4 unspecified atom stereocenters. The number of ether oxygens (including phenoxy) is 2. The van der Waals surface area contributed by atoms with Gasteiger partial charge in [-0.2, -0.15) is 0 Å². The highest BCUT2D eigenvalue weighted by molar-refractivity contribution is 6.05. The molecule has 17 heavy (non-hydrogen) atoms. The van der Waals surface area contributed by atoms with Crippen LogP contribution >= 0.6 is 0 Å². The Kier molecular flexibility index (Phi) is 3.09. The second-order valence-corrected chi connectivity index (χ2v) is 3.98. The van der Waals surface area contributed by atoms with Crippen LogP contribution in [0.3, 0.4) is 0 Å². The van der Waals surface area contributed by atoms with Crippen molar-refractivity contribution in [1.82, 2.24) is 0 Å². The summed E-state index contributed by atoms with van der Waals surface area (Å²) in [6.45, 7) is 0. The predicted molar refractivity (Wildman–Crippen MR) is 54.2 cm³/mol. The van der Waals surface area contributed by atoms with E-state index in [-0.39, 0.29) is 21.3 Å². The summed E-state index contributed by atoms with van der Waals surface area (Å²) >= 11 is 0. The molecular formula is C11H14O6. The van der Waals surface area contributed by atoms with E-state index in [1.54, 1.807) is 0 Å². The van der Waals surface area contributed by atoms with E-state index < -0.39 is 47.5 Å². The summed E-state index contributed by atoms with van der Waals surface area (Å²) in [6, 6.07) is 0. The standard InChI is InChI=1S/C9H6O6.2CH4/c10-6-2-1-3-5(4(2)8(12)14-6)9(13)15-7(3)11;;/h2-5H,1H2;2*1H4. The highest BCUT2D eigenvalue weighted by atomic mass is 16.6. The third-order valence-corrected chi connectivity index (χ3v) is 3.31. The zero-order chi connectivity index (χ0) is 10.7. The van der Waals surface area contributed by atoms with Gasteiger partial charge in [0, 0.05) is 0 Å². The molecule has 0 aromatic carbocycles. The summed E-state index contributed by atoms with van der Waals surface area (Å²) in [5, 5.41) is 0. The fourth-order valence-corrected chi connectivity index (χ4v) is 2.66. The Labute approximate surface area is 98.3 Å². The van der Waals surface area contributed by atoms with Crippen LogP contribution in [0.15, 0.2) is 0 Å². The van der Waals surface area contributed by atoms with Crippen LogP contribution in [0.4, 0.5) is 0 Å². The predicted octanol–water partition coefficient (Wildman–Crippen LogP) is 0.294. The third kappa shape index (κ3) is 1.47. The van der Waals surface area contributed by atoms with Crippen molar-refractivity contribution in [1.29, 1.82) is 0 Å². The molecule has 3 rings (SSSR count). The normalized spacial score (nSPS) is 37.6. The summed E-state index contributed by atoms with van der Waals surface area (Å²) in [5.74, 6) is -5.54. The van der Waals surface area contributed by atoms with Gasteiger partial charge in [-0.3, -0.25) is 19.2 Å². The molecule has 0 aromatic rings. The van der Waals surface area contributed by atoms with E-state index in [1.165, 1.54) is 0 Å². The topological polar surface area (TPSA) is 86.7 Å². The van der Waals surface area contributed by atoms with E-state index in [0.29, 0.717) is 0 Å². The number of cyclic esters (lactones) is 4. The van der Waals surface area contributed by atoms with Crippen molar-refractivity contribution >= 4 is 23.9 Å². The number of hydrogen-bond acceptors (Lipinski definition) is 6.